The van der Waals surface area contributed by atoms with Crippen molar-refractivity contribution in [2.45, 2.75) is 38.3 Å². The molecule has 2 unspecified atom stereocenters. The maximum absolute atomic E-state index is 5.50. The monoisotopic (exact) mass is 212 g/mol. The van der Waals surface area contributed by atoms with E-state index in [9.17, 15) is 0 Å². The van der Waals surface area contributed by atoms with Crippen LogP contribution in [0.4, 0.5) is 0 Å². The molecule has 15 heavy (non-hydrogen) atoms. The molecule has 1 rings (SSSR count). The third-order valence-corrected chi connectivity index (χ3v) is 2.73. The van der Waals surface area contributed by atoms with Crippen LogP contribution in [-0.4, -0.2) is 44.2 Å². The minimum atomic E-state index is 0.372. The van der Waals surface area contributed by atoms with Gasteiger partial charge < -0.3 is 15.0 Å². The summed E-state index contributed by atoms with van der Waals surface area (Å²) in [6.07, 6.45) is 7.78. The average molecular weight is 212 g/mol. The zero-order chi connectivity index (χ0) is 11.1. The lowest BCUT2D eigenvalue weighted by Crippen LogP contribution is -2.36. The molecule has 0 amide bonds. The molecule has 0 aromatic carbocycles. The zero-order valence-electron chi connectivity index (χ0n) is 10.2. The Kier molecular flexibility index (Phi) is 5.73. The Balaban J connectivity index is 2.05. The number of hydrogen-bond donors (Lipinski definition) is 1. The zero-order valence-corrected chi connectivity index (χ0v) is 10.2. The van der Waals surface area contributed by atoms with Gasteiger partial charge in [0.15, 0.2) is 0 Å². The van der Waals surface area contributed by atoms with E-state index in [2.05, 4.69) is 37.3 Å². The van der Waals surface area contributed by atoms with Gasteiger partial charge in [-0.25, -0.2) is 0 Å². The summed E-state index contributed by atoms with van der Waals surface area (Å²) in [6.45, 7) is 4.35. The van der Waals surface area contributed by atoms with Crippen molar-refractivity contribution in [3.05, 3.63) is 12.3 Å². The van der Waals surface area contributed by atoms with Crippen LogP contribution in [0, 0.1) is 0 Å². The van der Waals surface area contributed by atoms with Gasteiger partial charge in [0.2, 0.25) is 0 Å². The van der Waals surface area contributed by atoms with Crippen LogP contribution in [0.3, 0.4) is 0 Å². The molecule has 0 aromatic heterocycles. The van der Waals surface area contributed by atoms with E-state index >= 15 is 0 Å². The van der Waals surface area contributed by atoms with Gasteiger partial charge in [-0.15, -0.1) is 0 Å². The second kappa shape index (κ2) is 6.85. The normalized spacial score (nSPS) is 22.8. The van der Waals surface area contributed by atoms with Gasteiger partial charge >= 0.3 is 0 Å². The number of nitrogens with one attached hydrogen (secondary N) is 1. The van der Waals surface area contributed by atoms with Crippen molar-refractivity contribution >= 4 is 0 Å². The van der Waals surface area contributed by atoms with Crippen molar-refractivity contribution in [3.8, 4) is 0 Å². The van der Waals surface area contributed by atoms with Crippen LogP contribution < -0.4 is 5.32 Å². The number of ether oxygens (including phenoxy) is 1. The van der Waals surface area contributed by atoms with Crippen molar-refractivity contribution in [1.82, 2.24) is 10.2 Å². The molecule has 1 aliphatic heterocycles. The van der Waals surface area contributed by atoms with E-state index in [0.717, 1.165) is 25.9 Å². The van der Waals surface area contributed by atoms with E-state index in [0.29, 0.717) is 12.1 Å². The first-order chi connectivity index (χ1) is 7.18. The number of hydrogen-bond acceptors (Lipinski definition) is 3. The van der Waals surface area contributed by atoms with E-state index in [1.54, 1.807) is 0 Å². The lowest BCUT2D eigenvalue weighted by molar-refractivity contribution is 0.119. The number of allylic oxidation sites excluding steroid dienone is 1. The quantitative estimate of drug-likeness (QED) is 0.724. The van der Waals surface area contributed by atoms with Gasteiger partial charge in [0.25, 0.3) is 0 Å². The summed E-state index contributed by atoms with van der Waals surface area (Å²) in [4.78, 5) is 2.22. The third kappa shape index (κ3) is 5.80. The predicted molar refractivity (Wildman–Crippen MR) is 63.9 cm³/mol. The molecule has 0 aliphatic carbocycles. The Labute approximate surface area is 93.5 Å². The summed E-state index contributed by atoms with van der Waals surface area (Å²) in [6, 6.07) is 0.571. The van der Waals surface area contributed by atoms with Crippen LogP contribution >= 0.6 is 0 Å². The topological polar surface area (TPSA) is 24.5 Å². The van der Waals surface area contributed by atoms with Gasteiger partial charge in [0.1, 0.15) is 6.10 Å². The molecule has 3 nitrogen and oxygen atoms in total. The van der Waals surface area contributed by atoms with Crippen LogP contribution in [0.25, 0.3) is 0 Å². The van der Waals surface area contributed by atoms with Crippen LogP contribution in [0.1, 0.15) is 26.2 Å². The van der Waals surface area contributed by atoms with Gasteiger partial charge in [-0.1, -0.05) is 0 Å². The van der Waals surface area contributed by atoms with Gasteiger partial charge in [0.05, 0.1) is 6.26 Å². The third-order valence-electron chi connectivity index (χ3n) is 2.73. The average Bonchev–Trinajstić information content (AvgIpc) is 2.25. The standard InChI is InChI=1S/C12H24N2O/c1-11(7-8-14(2)3)13-10-12-6-4-5-9-15-12/h5,9,11-13H,4,6-8,10H2,1-3H3. The molecular weight excluding hydrogens is 188 g/mol. The molecule has 1 heterocycles. The summed E-state index contributed by atoms with van der Waals surface area (Å²) < 4.78 is 5.50. The molecule has 0 saturated carbocycles. The van der Waals surface area contributed by atoms with E-state index in [1.807, 2.05) is 6.26 Å². The van der Waals surface area contributed by atoms with E-state index < -0.39 is 0 Å². The second-order valence-corrected chi connectivity index (χ2v) is 4.61. The van der Waals surface area contributed by atoms with E-state index in [4.69, 9.17) is 4.74 Å². The van der Waals surface area contributed by atoms with Crippen LogP contribution in [-0.2, 0) is 4.74 Å². The van der Waals surface area contributed by atoms with Gasteiger partial charge in [0, 0.05) is 12.6 Å². The summed E-state index contributed by atoms with van der Waals surface area (Å²) in [5, 5.41) is 3.52. The summed E-state index contributed by atoms with van der Waals surface area (Å²) >= 11 is 0. The van der Waals surface area contributed by atoms with Crippen LogP contribution in [0.15, 0.2) is 12.3 Å². The highest BCUT2D eigenvalue weighted by molar-refractivity contribution is 4.83. The maximum Gasteiger partial charge on any atom is 0.110 e. The van der Waals surface area contributed by atoms with E-state index in [-0.39, 0.29) is 0 Å². The molecule has 0 radical (unpaired) electrons. The van der Waals surface area contributed by atoms with Gasteiger partial charge in [-0.3, -0.25) is 0 Å². The first kappa shape index (κ1) is 12.5. The van der Waals surface area contributed by atoms with Crippen LogP contribution in [0.5, 0.6) is 0 Å². The highest BCUT2D eigenvalue weighted by Crippen LogP contribution is 2.09. The van der Waals surface area contributed by atoms with Gasteiger partial charge in [-0.2, -0.15) is 0 Å². The molecule has 88 valence electrons. The SMILES string of the molecule is CC(CCN(C)C)NCC1CCC=CO1. The summed E-state index contributed by atoms with van der Waals surface area (Å²) in [5.74, 6) is 0. The largest absolute Gasteiger partial charge is 0.497 e. The van der Waals surface area contributed by atoms with Gasteiger partial charge in [-0.05, 0) is 52.9 Å². The molecular formula is C12H24N2O. The van der Waals surface area contributed by atoms with E-state index in [1.165, 1.54) is 6.42 Å². The Morgan fingerprint density at radius 3 is 2.93 bits per heavy atom. The molecule has 2 atom stereocenters. The fourth-order valence-electron chi connectivity index (χ4n) is 1.62. The number of rotatable bonds is 6. The molecule has 1 N–H and O–H groups in total. The fourth-order valence-corrected chi connectivity index (χ4v) is 1.62. The maximum atomic E-state index is 5.50. The Bertz CT molecular complexity index is 192. The first-order valence-electron chi connectivity index (χ1n) is 5.87. The molecule has 0 aromatic rings. The van der Waals surface area contributed by atoms with Crippen molar-refractivity contribution in [1.29, 1.82) is 0 Å². The van der Waals surface area contributed by atoms with Crippen molar-refractivity contribution in [2.24, 2.45) is 0 Å². The van der Waals surface area contributed by atoms with Crippen molar-refractivity contribution in [2.75, 3.05) is 27.2 Å². The smallest absolute Gasteiger partial charge is 0.110 e. The Morgan fingerprint density at radius 2 is 2.33 bits per heavy atom. The van der Waals surface area contributed by atoms with Crippen molar-refractivity contribution < 1.29 is 4.74 Å². The molecule has 0 spiro atoms. The molecule has 1 aliphatic rings. The molecule has 0 bridgehead atoms. The summed E-state index contributed by atoms with van der Waals surface area (Å²) in [7, 11) is 4.23. The molecule has 3 heteroatoms. The first-order valence-corrected chi connectivity index (χ1v) is 5.87. The summed E-state index contributed by atoms with van der Waals surface area (Å²) in [5.41, 5.74) is 0. The highest BCUT2D eigenvalue weighted by Gasteiger charge is 2.11. The Hall–Kier alpha value is -0.540. The Morgan fingerprint density at radius 1 is 1.53 bits per heavy atom. The van der Waals surface area contributed by atoms with Crippen molar-refractivity contribution in [3.63, 3.8) is 0 Å². The van der Waals surface area contributed by atoms with Crippen LogP contribution in [0.2, 0.25) is 0 Å². The lowest BCUT2D eigenvalue weighted by Gasteiger charge is -2.23. The lowest BCUT2D eigenvalue weighted by atomic mass is 10.1. The fraction of sp³-hybridized carbons (Fsp3) is 0.833. The minimum Gasteiger partial charge on any atom is -0.497 e. The minimum absolute atomic E-state index is 0.372. The highest BCUT2D eigenvalue weighted by atomic mass is 16.5. The number of nitrogens with zero attached hydrogens (tertiary/aromatic N) is 1. The molecule has 0 fully saturated rings. The second-order valence-electron chi connectivity index (χ2n) is 4.61. The predicted octanol–water partition coefficient (Wildman–Crippen LogP) is 1.61. The molecule has 0 saturated heterocycles.